The monoisotopic (exact) mass is 351 g/mol. The lowest BCUT2D eigenvalue weighted by Crippen LogP contribution is -2.58. The van der Waals surface area contributed by atoms with Crippen LogP contribution in [-0.2, 0) is 4.79 Å². The molecular weight excluding hydrogens is 314 g/mol. The minimum atomic E-state index is -0.592. The number of imide groups is 1. The van der Waals surface area contributed by atoms with Gasteiger partial charge in [-0.3, -0.25) is 9.69 Å². The molecule has 5 nitrogen and oxygen atoms in total. The van der Waals surface area contributed by atoms with E-state index in [9.17, 15) is 9.59 Å². The van der Waals surface area contributed by atoms with Crippen LogP contribution in [0.2, 0.25) is 0 Å². The van der Waals surface area contributed by atoms with Gasteiger partial charge < -0.3 is 9.80 Å². The lowest BCUT2D eigenvalue weighted by atomic mass is 9.84. The van der Waals surface area contributed by atoms with Gasteiger partial charge in [0.15, 0.2) is 0 Å². The predicted octanol–water partition coefficient (Wildman–Crippen LogP) is 3.59. The lowest BCUT2D eigenvalue weighted by molar-refractivity contribution is -0.136. The zero-order valence-corrected chi connectivity index (χ0v) is 17.0. The molecule has 2 aliphatic heterocycles. The Hall–Kier alpha value is -1.10. The zero-order valence-electron chi connectivity index (χ0n) is 17.0. The molecule has 0 saturated carbocycles. The maximum absolute atomic E-state index is 13.3. The Morgan fingerprint density at radius 3 is 2.08 bits per heavy atom. The molecule has 0 aromatic carbocycles. The van der Waals surface area contributed by atoms with Crippen molar-refractivity contribution in [3.63, 3.8) is 0 Å². The van der Waals surface area contributed by atoms with Gasteiger partial charge in [0, 0.05) is 32.2 Å². The normalized spacial score (nSPS) is 22.7. The summed E-state index contributed by atoms with van der Waals surface area (Å²) in [6.07, 6.45) is 3.62. The van der Waals surface area contributed by atoms with Crippen LogP contribution in [0.15, 0.2) is 0 Å². The van der Waals surface area contributed by atoms with E-state index in [-0.39, 0.29) is 11.9 Å². The molecule has 25 heavy (non-hydrogen) atoms. The second kappa shape index (κ2) is 8.07. The number of rotatable bonds is 7. The molecular formula is C20H37N3O2. The third-order valence-corrected chi connectivity index (χ3v) is 5.94. The number of carbonyl (C=O) groups is 2. The first-order chi connectivity index (χ1) is 11.7. The SMILES string of the molecule is CCC(C)N1CCC2(CC1)C(=O)N(CC(C)C)C(=O)N2CCC(C)C. The summed E-state index contributed by atoms with van der Waals surface area (Å²) in [6, 6.07) is 0.483. The molecule has 2 rings (SSSR count). The molecule has 1 spiro atoms. The summed E-state index contributed by atoms with van der Waals surface area (Å²) in [6.45, 7) is 16.0. The molecule has 0 radical (unpaired) electrons. The number of urea groups is 1. The maximum atomic E-state index is 13.3. The highest BCUT2D eigenvalue weighted by Crippen LogP contribution is 2.38. The largest absolute Gasteiger partial charge is 0.327 e. The van der Waals surface area contributed by atoms with Crippen LogP contribution >= 0.6 is 0 Å². The first kappa shape index (κ1) is 20.2. The zero-order chi connectivity index (χ0) is 18.8. The van der Waals surface area contributed by atoms with Gasteiger partial charge in [0.25, 0.3) is 5.91 Å². The van der Waals surface area contributed by atoms with Gasteiger partial charge in [-0.05, 0) is 44.4 Å². The van der Waals surface area contributed by atoms with Gasteiger partial charge in [0.1, 0.15) is 5.54 Å². The molecule has 0 aromatic heterocycles. The van der Waals surface area contributed by atoms with Crippen LogP contribution in [-0.4, -0.2) is 64.4 Å². The summed E-state index contributed by atoms with van der Waals surface area (Å²) in [7, 11) is 0. The van der Waals surface area contributed by atoms with Gasteiger partial charge in [-0.1, -0.05) is 34.6 Å². The van der Waals surface area contributed by atoms with Crippen LogP contribution in [0.25, 0.3) is 0 Å². The average molecular weight is 352 g/mol. The van der Waals surface area contributed by atoms with E-state index in [1.165, 1.54) is 4.90 Å². The second-order valence-corrected chi connectivity index (χ2v) is 8.75. The smallest absolute Gasteiger partial charge is 0.309 e. The number of likely N-dealkylation sites (tertiary alicyclic amines) is 1. The van der Waals surface area contributed by atoms with Gasteiger partial charge >= 0.3 is 6.03 Å². The van der Waals surface area contributed by atoms with Crippen molar-refractivity contribution in [1.29, 1.82) is 0 Å². The van der Waals surface area contributed by atoms with Gasteiger partial charge in [-0.2, -0.15) is 0 Å². The molecule has 0 aromatic rings. The van der Waals surface area contributed by atoms with E-state index in [4.69, 9.17) is 0 Å². The van der Waals surface area contributed by atoms with Crippen molar-refractivity contribution in [1.82, 2.24) is 14.7 Å². The summed E-state index contributed by atoms with van der Waals surface area (Å²) in [5.74, 6) is 0.883. The Kier molecular flexibility index (Phi) is 6.52. The van der Waals surface area contributed by atoms with E-state index < -0.39 is 5.54 Å². The molecule has 0 aliphatic carbocycles. The first-order valence-corrected chi connectivity index (χ1v) is 10.1. The van der Waals surface area contributed by atoms with E-state index in [0.29, 0.717) is 31.0 Å². The summed E-state index contributed by atoms with van der Waals surface area (Å²) < 4.78 is 0. The van der Waals surface area contributed by atoms with Crippen molar-refractivity contribution < 1.29 is 9.59 Å². The molecule has 5 heteroatoms. The summed E-state index contributed by atoms with van der Waals surface area (Å²) in [5, 5.41) is 0. The fourth-order valence-corrected chi connectivity index (χ4v) is 4.08. The Balaban J connectivity index is 2.22. The third kappa shape index (κ3) is 4.02. The van der Waals surface area contributed by atoms with E-state index >= 15 is 0 Å². The van der Waals surface area contributed by atoms with E-state index in [2.05, 4.69) is 46.4 Å². The highest BCUT2D eigenvalue weighted by Gasteiger charge is 2.57. The van der Waals surface area contributed by atoms with Crippen LogP contribution in [0.4, 0.5) is 4.79 Å². The Morgan fingerprint density at radius 1 is 1.00 bits per heavy atom. The van der Waals surface area contributed by atoms with E-state index in [1.54, 1.807) is 0 Å². The molecule has 1 atom stereocenters. The number of nitrogens with zero attached hydrogens (tertiary/aromatic N) is 3. The number of amides is 3. The third-order valence-electron chi connectivity index (χ3n) is 5.94. The molecule has 0 N–H and O–H groups in total. The molecule has 144 valence electrons. The minimum absolute atomic E-state index is 0.0544. The van der Waals surface area contributed by atoms with Gasteiger partial charge in [0.05, 0.1) is 0 Å². The summed E-state index contributed by atoms with van der Waals surface area (Å²) in [4.78, 5) is 32.2. The standard InChI is InChI=1S/C20H37N3O2/c1-7-17(6)21-12-9-20(10-13-21)18(24)22(14-16(4)5)19(25)23(20)11-8-15(2)3/h15-17H,7-14H2,1-6H3. The first-order valence-electron chi connectivity index (χ1n) is 10.1. The quantitative estimate of drug-likeness (QED) is 0.659. The molecule has 2 fully saturated rings. The highest BCUT2D eigenvalue weighted by molar-refractivity contribution is 6.07. The summed E-state index contributed by atoms with van der Waals surface area (Å²) in [5.41, 5.74) is -0.592. The fourth-order valence-electron chi connectivity index (χ4n) is 4.08. The van der Waals surface area contributed by atoms with Crippen molar-refractivity contribution in [2.24, 2.45) is 11.8 Å². The van der Waals surface area contributed by atoms with Crippen molar-refractivity contribution in [2.75, 3.05) is 26.2 Å². The number of hydrogen-bond donors (Lipinski definition) is 0. The molecule has 2 aliphatic rings. The van der Waals surface area contributed by atoms with Crippen molar-refractivity contribution in [3.8, 4) is 0 Å². The van der Waals surface area contributed by atoms with E-state index in [0.717, 1.165) is 38.8 Å². The fraction of sp³-hybridized carbons (Fsp3) is 0.900. The van der Waals surface area contributed by atoms with Crippen molar-refractivity contribution >= 4 is 11.9 Å². The van der Waals surface area contributed by atoms with Crippen LogP contribution in [0, 0.1) is 11.8 Å². The van der Waals surface area contributed by atoms with Crippen molar-refractivity contribution in [3.05, 3.63) is 0 Å². The second-order valence-electron chi connectivity index (χ2n) is 8.75. The topological polar surface area (TPSA) is 43.9 Å². The number of hydrogen-bond acceptors (Lipinski definition) is 3. The van der Waals surface area contributed by atoms with Crippen LogP contribution in [0.5, 0.6) is 0 Å². The molecule has 1 unspecified atom stereocenters. The van der Waals surface area contributed by atoms with Crippen LogP contribution in [0.1, 0.15) is 67.2 Å². The Morgan fingerprint density at radius 2 is 1.60 bits per heavy atom. The lowest BCUT2D eigenvalue weighted by Gasteiger charge is -2.44. The van der Waals surface area contributed by atoms with Gasteiger partial charge in [0.2, 0.25) is 0 Å². The Labute approximate surface area is 153 Å². The average Bonchev–Trinajstić information content (AvgIpc) is 2.74. The Bertz CT molecular complexity index is 481. The molecule has 3 amide bonds. The van der Waals surface area contributed by atoms with Crippen LogP contribution < -0.4 is 0 Å². The van der Waals surface area contributed by atoms with Gasteiger partial charge in [-0.15, -0.1) is 0 Å². The van der Waals surface area contributed by atoms with Crippen LogP contribution in [0.3, 0.4) is 0 Å². The molecule has 0 bridgehead atoms. The van der Waals surface area contributed by atoms with Gasteiger partial charge in [-0.25, -0.2) is 4.79 Å². The number of piperidine rings is 1. The van der Waals surface area contributed by atoms with E-state index in [1.807, 2.05) is 4.90 Å². The molecule has 2 heterocycles. The van der Waals surface area contributed by atoms with Crippen molar-refractivity contribution in [2.45, 2.75) is 78.8 Å². The minimum Gasteiger partial charge on any atom is -0.309 e. The highest BCUT2D eigenvalue weighted by atomic mass is 16.2. The molecule has 2 saturated heterocycles. The predicted molar refractivity (Wildman–Crippen MR) is 101 cm³/mol. The summed E-state index contributed by atoms with van der Waals surface area (Å²) >= 11 is 0. The maximum Gasteiger partial charge on any atom is 0.327 e. The number of carbonyl (C=O) groups excluding carboxylic acids is 2.